The van der Waals surface area contributed by atoms with Crippen molar-refractivity contribution >= 4 is 11.0 Å². The van der Waals surface area contributed by atoms with Crippen molar-refractivity contribution in [2.75, 3.05) is 6.54 Å². The van der Waals surface area contributed by atoms with Gasteiger partial charge >= 0.3 is 0 Å². The molecule has 1 aliphatic rings. The molecule has 1 N–H and O–H groups in total. The Morgan fingerprint density at radius 1 is 1.18 bits per heavy atom. The lowest BCUT2D eigenvalue weighted by Gasteiger charge is -2.32. The molecular weight excluding hydrogens is 350 g/mol. The van der Waals surface area contributed by atoms with Crippen LogP contribution in [-0.2, 0) is 6.54 Å². The van der Waals surface area contributed by atoms with Crippen LogP contribution in [0.3, 0.4) is 0 Å². The summed E-state index contributed by atoms with van der Waals surface area (Å²) in [6.07, 6.45) is 5.26. The lowest BCUT2D eigenvalue weighted by molar-refractivity contribution is 0.145. The van der Waals surface area contributed by atoms with Crippen molar-refractivity contribution in [3.05, 3.63) is 52.7 Å². The molecule has 6 nitrogen and oxygen atoms in total. The normalized spacial score (nSPS) is 21.3. The molecule has 4 rings (SSSR count). The van der Waals surface area contributed by atoms with Crippen LogP contribution in [0.1, 0.15) is 45.9 Å². The average Bonchev–Trinajstić information content (AvgIpc) is 3.02. The molecule has 6 heteroatoms. The predicted octanol–water partition coefficient (Wildman–Crippen LogP) is 3.76. The van der Waals surface area contributed by atoms with Gasteiger partial charge < -0.3 is 4.98 Å². The summed E-state index contributed by atoms with van der Waals surface area (Å²) in [6.45, 7) is 8.63. The molecule has 3 heterocycles. The van der Waals surface area contributed by atoms with E-state index in [2.05, 4.69) is 35.8 Å². The highest BCUT2D eigenvalue weighted by molar-refractivity contribution is 5.75. The largest absolute Gasteiger partial charge is 0.309 e. The van der Waals surface area contributed by atoms with Crippen LogP contribution in [0, 0.1) is 11.8 Å². The minimum atomic E-state index is -0.119. The van der Waals surface area contributed by atoms with E-state index in [1.54, 1.807) is 10.9 Å². The maximum absolute atomic E-state index is 12.7. The molecule has 3 aromatic rings. The van der Waals surface area contributed by atoms with Crippen molar-refractivity contribution in [1.29, 1.82) is 0 Å². The Morgan fingerprint density at radius 3 is 2.71 bits per heavy atom. The van der Waals surface area contributed by atoms with Gasteiger partial charge in [-0.1, -0.05) is 39.0 Å². The third kappa shape index (κ3) is 3.74. The summed E-state index contributed by atoms with van der Waals surface area (Å²) < 4.78 is 1.75. The second-order valence-electron chi connectivity index (χ2n) is 8.39. The van der Waals surface area contributed by atoms with Crippen molar-refractivity contribution in [3.63, 3.8) is 0 Å². The summed E-state index contributed by atoms with van der Waals surface area (Å²) >= 11 is 0. The van der Waals surface area contributed by atoms with Crippen LogP contribution in [0.15, 0.2) is 41.3 Å². The summed E-state index contributed by atoms with van der Waals surface area (Å²) in [4.78, 5) is 23.0. The molecule has 1 saturated heterocycles. The highest BCUT2D eigenvalue weighted by Crippen LogP contribution is 2.27. The van der Waals surface area contributed by atoms with Crippen LogP contribution in [0.2, 0.25) is 0 Å². The Bertz CT molecular complexity index is 991. The molecular formula is C22H29N5O. The SMILES string of the molecule is CC1CCC(C(C)C)N(Cc2nc3c(cnn3-c3ccccc3)c(=O)[nH]2)CC1. The maximum Gasteiger partial charge on any atom is 0.262 e. The predicted molar refractivity (Wildman–Crippen MR) is 112 cm³/mol. The summed E-state index contributed by atoms with van der Waals surface area (Å²) in [7, 11) is 0. The molecule has 0 aliphatic carbocycles. The van der Waals surface area contributed by atoms with E-state index in [1.165, 1.54) is 19.3 Å². The Labute approximate surface area is 165 Å². The van der Waals surface area contributed by atoms with Gasteiger partial charge in [0.1, 0.15) is 11.2 Å². The van der Waals surface area contributed by atoms with Crippen molar-refractivity contribution < 1.29 is 0 Å². The highest BCUT2D eigenvalue weighted by Gasteiger charge is 2.27. The van der Waals surface area contributed by atoms with Gasteiger partial charge in [0.15, 0.2) is 5.65 Å². The molecule has 1 aliphatic heterocycles. The first kappa shape index (κ1) is 18.9. The van der Waals surface area contributed by atoms with Gasteiger partial charge in [-0.2, -0.15) is 5.10 Å². The molecule has 0 amide bonds. The first-order chi connectivity index (χ1) is 13.5. The standard InChI is InChI=1S/C22H29N5O/c1-15(2)19-10-9-16(3)11-12-26(19)14-20-24-21-18(22(28)25-20)13-23-27(21)17-7-5-4-6-8-17/h4-8,13,15-16,19H,9-12,14H2,1-3H3,(H,24,25,28). The van der Waals surface area contributed by atoms with Crippen molar-refractivity contribution in [3.8, 4) is 5.69 Å². The van der Waals surface area contributed by atoms with E-state index < -0.39 is 0 Å². The molecule has 148 valence electrons. The number of H-pyrrole nitrogens is 1. The summed E-state index contributed by atoms with van der Waals surface area (Å²) in [5, 5.41) is 4.93. The summed E-state index contributed by atoms with van der Waals surface area (Å²) in [5.74, 6) is 2.05. The second kappa shape index (κ2) is 7.87. The molecule has 2 atom stereocenters. The number of aromatic amines is 1. The minimum absolute atomic E-state index is 0.119. The van der Waals surface area contributed by atoms with E-state index >= 15 is 0 Å². The molecule has 0 bridgehead atoms. The van der Waals surface area contributed by atoms with E-state index in [0.717, 1.165) is 24.0 Å². The summed E-state index contributed by atoms with van der Waals surface area (Å²) in [5.41, 5.74) is 1.41. The number of benzene rings is 1. The van der Waals surface area contributed by atoms with Crippen LogP contribution in [0.25, 0.3) is 16.7 Å². The number of likely N-dealkylation sites (tertiary alicyclic amines) is 1. The number of para-hydroxylation sites is 1. The number of rotatable bonds is 4. The molecule has 1 fully saturated rings. The average molecular weight is 380 g/mol. The topological polar surface area (TPSA) is 66.8 Å². The van der Waals surface area contributed by atoms with Gasteiger partial charge in [0.05, 0.1) is 18.4 Å². The van der Waals surface area contributed by atoms with Crippen LogP contribution < -0.4 is 5.56 Å². The maximum atomic E-state index is 12.7. The van der Waals surface area contributed by atoms with Gasteiger partial charge in [-0.05, 0) is 49.8 Å². The van der Waals surface area contributed by atoms with Crippen LogP contribution in [0.4, 0.5) is 0 Å². The third-order valence-corrected chi connectivity index (χ3v) is 5.94. The number of hydrogen-bond acceptors (Lipinski definition) is 4. The van der Waals surface area contributed by atoms with E-state index in [1.807, 2.05) is 30.3 Å². The fraction of sp³-hybridized carbons (Fsp3) is 0.500. The smallest absolute Gasteiger partial charge is 0.262 e. The van der Waals surface area contributed by atoms with Crippen molar-refractivity contribution in [1.82, 2.24) is 24.6 Å². The fourth-order valence-electron chi connectivity index (χ4n) is 4.27. The van der Waals surface area contributed by atoms with Gasteiger partial charge in [0, 0.05) is 6.04 Å². The van der Waals surface area contributed by atoms with E-state index in [9.17, 15) is 4.79 Å². The molecule has 28 heavy (non-hydrogen) atoms. The Kier molecular flexibility index (Phi) is 5.31. The van der Waals surface area contributed by atoms with Gasteiger partial charge in [0.25, 0.3) is 5.56 Å². The Balaban J connectivity index is 1.70. The third-order valence-electron chi connectivity index (χ3n) is 5.94. The summed E-state index contributed by atoms with van der Waals surface area (Å²) in [6, 6.07) is 10.4. The van der Waals surface area contributed by atoms with Crippen molar-refractivity contribution in [2.24, 2.45) is 11.8 Å². The van der Waals surface area contributed by atoms with E-state index in [-0.39, 0.29) is 5.56 Å². The number of aromatic nitrogens is 4. The Morgan fingerprint density at radius 2 is 1.96 bits per heavy atom. The molecule has 2 unspecified atom stereocenters. The van der Waals surface area contributed by atoms with Gasteiger partial charge in [-0.3, -0.25) is 9.69 Å². The zero-order valence-corrected chi connectivity index (χ0v) is 16.9. The number of hydrogen-bond donors (Lipinski definition) is 1. The number of nitrogens with zero attached hydrogens (tertiary/aromatic N) is 4. The second-order valence-corrected chi connectivity index (χ2v) is 8.39. The molecule has 2 aromatic heterocycles. The monoisotopic (exact) mass is 379 g/mol. The van der Waals surface area contributed by atoms with Crippen LogP contribution in [-0.4, -0.2) is 37.2 Å². The zero-order valence-electron chi connectivity index (χ0n) is 16.9. The molecule has 0 saturated carbocycles. The van der Waals surface area contributed by atoms with Crippen LogP contribution in [0.5, 0.6) is 0 Å². The zero-order chi connectivity index (χ0) is 19.7. The first-order valence-electron chi connectivity index (χ1n) is 10.3. The van der Waals surface area contributed by atoms with Gasteiger partial charge in [-0.25, -0.2) is 9.67 Å². The van der Waals surface area contributed by atoms with Crippen LogP contribution >= 0.6 is 0 Å². The van der Waals surface area contributed by atoms with E-state index in [0.29, 0.717) is 29.5 Å². The molecule has 1 aromatic carbocycles. The van der Waals surface area contributed by atoms with E-state index in [4.69, 9.17) is 4.98 Å². The number of nitrogens with one attached hydrogen (secondary N) is 1. The Hall–Kier alpha value is -2.47. The van der Waals surface area contributed by atoms with Gasteiger partial charge in [0.2, 0.25) is 0 Å². The lowest BCUT2D eigenvalue weighted by Crippen LogP contribution is -2.38. The number of fused-ring (bicyclic) bond motifs is 1. The minimum Gasteiger partial charge on any atom is -0.309 e. The quantitative estimate of drug-likeness (QED) is 0.750. The highest BCUT2D eigenvalue weighted by atomic mass is 16.1. The molecule has 0 spiro atoms. The first-order valence-corrected chi connectivity index (χ1v) is 10.3. The van der Waals surface area contributed by atoms with Crippen molar-refractivity contribution in [2.45, 2.75) is 52.6 Å². The fourth-order valence-corrected chi connectivity index (χ4v) is 4.27. The van der Waals surface area contributed by atoms with Gasteiger partial charge in [-0.15, -0.1) is 0 Å². The molecule has 0 radical (unpaired) electrons. The lowest BCUT2D eigenvalue weighted by atomic mass is 9.95.